The number of benzene rings is 1. The summed E-state index contributed by atoms with van der Waals surface area (Å²) in [5.74, 6) is -0.812. The van der Waals surface area contributed by atoms with Crippen LogP contribution in [0.5, 0.6) is 0 Å². The molecule has 0 aliphatic carbocycles. The van der Waals surface area contributed by atoms with E-state index in [9.17, 15) is 14.0 Å². The maximum Gasteiger partial charge on any atom is 0.330 e. The summed E-state index contributed by atoms with van der Waals surface area (Å²) in [4.78, 5) is 26.6. The molecule has 4 rings (SSSR count). The molecule has 3 heterocycles. The van der Waals surface area contributed by atoms with Crippen LogP contribution in [0.15, 0.2) is 41.3 Å². The summed E-state index contributed by atoms with van der Waals surface area (Å²) in [6, 6.07) is 7.41. The first kappa shape index (κ1) is 19.3. The van der Waals surface area contributed by atoms with E-state index >= 15 is 0 Å². The van der Waals surface area contributed by atoms with E-state index in [0.717, 1.165) is 30.7 Å². The number of halogens is 1. The zero-order chi connectivity index (χ0) is 20.7. The lowest BCUT2D eigenvalue weighted by molar-refractivity contribution is -0.147. The Morgan fingerprint density at radius 1 is 1.31 bits per heavy atom. The zero-order valence-electron chi connectivity index (χ0n) is 16.3. The van der Waals surface area contributed by atoms with E-state index in [1.165, 1.54) is 12.1 Å². The molecule has 0 saturated carbocycles. The van der Waals surface area contributed by atoms with Crippen LogP contribution in [0.4, 0.5) is 4.39 Å². The second kappa shape index (κ2) is 7.44. The monoisotopic (exact) mass is 413 g/mol. The van der Waals surface area contributed by atoms with Gasteiger partial charge in [-0.3, -0.25) is 4.79 Å². The molecule has 0 radical (unpaired) electrons. The van der Waals surface area contributed by atoms with Crippen molar-refractivity contribution in [1.82, 2.24) is 14.3 Å². The summed E-state index contributed by atoms with van der Waals surface area (Å²) in [6.45, 7) is 5.96. The van der Waals surface area contributed by atoms with Gasteiger partial charge >= 0.3 is 5.97 Å². The molecule has 6 nitrogen and oxygen atoms in total. The molecule has 0 amide bonds. The third-order valence-electron chi connectivity index (χ3n) is 4.87. The van der Waals surface area contributed by atoms with Gasteiger partial charge in [-0.15, -0.1) is 11.3 Å². The fourth-order valence-electron chi connectivity index (χ4n) is 3.47. The van der Waals surface area contributed by atoms with Gasteiger partial charge in [0, 0.05) is 16.8 Å². The smallest absolute Gasteiger partial charge is 0.330 e. The van der Waals surface area contributed by atoms with Crippen LogP contribution < -0.4 is 5.56 Å². The Kier molecular flexibility index (Phi) is 4.96. The van der Waals surface area contributed by atoms with Gasteiger partial charge in [0.25, 0.3) is 5.56 Å². The highest BCUT2D eigenvalue weighted by molar-refractivity contribution is 7.20. The molecule has 0 unspecified atom stereocenters. The van der Waals surface area contributed by atoms with Crippen molar-refractivity contribution < 1.29 is 13.9 Å². The molecule has 0 bridgehead atoms. The number of nitrogens with zero attached hydrogens (tertiary/aromatic N) is 3. The van der Waals surface area contributed by atoms with Gasteiger partial charge in [0.2, 0.25) is 0 Å². The predicted octanol–water partition coefficient (Wildman–Crippen LogP) is 4.03. The average molecular weight is 413 g/mol. The Labute approximate surface area is 170 Å². The number of ether oxygens (including phenoxy) is 1. The zero-order valence-corrected chi connectivity index (χ0v) is 17.1. The summed E-state index contributed by atoms with van der Waals surface area (Å²) in [5.41, 5.74) is 1.91. The Bertz CT molecular complexity index is 1270. The van der Waals surface area contributed by atoms with E-state index in [0.29, 0.717) is 12.1 Å². The first-order chi connectivity index (χ1) is 13.9. The minimum absolute atomic E-state index is 0.232. The van der Waals surface area contributed by atoms with Crippen molar-refractivity contribution in [3.05, 3.63) is 63.1 Å². The number of aryl methyl sites for hydroxylation is 1. The number of aromatic nitrogens is 3. The first-order valence-corrected chi connectivity index (χ1v) is 10.1. The van der Waals surface area contributed by atoms with Crippen LogP contribution in [-0.2, 0) is 16.1 Å². The van der Waals surface area contributed by atoms with E-state index in [1.54, 1.807) is 43.5 Å². The van der Waals surface area contributed by atoms with Gasteiger partial charge in [-0.1, -0.05) is 12.1 Å². The highest BCUT2D eigenvalue weighted by Crippen LogP contribution is 2.34. The average Bonchev–Trinajstić information content (AvgIpc) is 3.20. The number of rotatable bonds is 5. The molecule has 3 aromatic heterocycles. The number of carbonyl (C=O) groups excluding carboxylic acids is 1. The van der Waals surface area contributed by atoms with Gasteiger partial charge in [-0.25, -0.2) is 13.9 Å². The molecule has 8 heteroatoms. The van der Waals surface area contributed by atoms with Crippen molar-refractivity contribution in [2.24, 2.45) is 0 Å². The Morgan fingerprint density at radius 3 is 2.72 bits per heavy atom. The van der Waals surface area contributed by atoms with Gasteiger partial charge in [-0.05, 0) is 44.5 Å². The third kappa shape index (κ3) is 3.33. The Hall–Kier alpha value is -3.00. The molecule has 4 aromatic rings. The molecule has 0 fully saturated rings. The van der Waals surface area contributed by atoms with Gasteiger partial charge in [-0.2, -0.15) is 5.10 Å². The lowest BCUT2D eigenvalue weighted by Crippen LogP contribution is -2.32. The van der Waals surface area contributed by atoms with E-state index in [4.69, 9.17) is 4.74 Å². The fourth-order valence-corrected chi connectivity index (χ4v) is 4.50. The largest absolute Gasteiger partial charge is 0.464 e. The lowest BCUT2D eigenvalue weighted by atomic mass is 10.2. The highest BCUT2D eigenvalue weighted by atomic mass is 32.1. The van der Waals surface area contributed by atoms with Crippen LogP contribution in [0.25, 0.3) is 21.1 Å². The quantitative estimate of drug-likeness (QED) is 0.463. The molecule has 150 valence electrons. The second-order valence-corrected chi connectivity index (χ2v) is 8.12. The van der Waals surface area contributed by atoms with Crippen LogP contribution in [-0.4, -0.2) is 26.9 Å². The van der Waals surface area contributed by atoms with Crippen molar-refractivity contribution in [3.8, 4) is 0 Å². The predicted molar refractivity (Wildman–Crippen MR) is 111 cm³/mol. The fraction of sp³-hybridized carbons (Fsp3) is 0.286. The summed E-state index contributed by atoms with van der Waals surface area (Å²) in [5, 5.41) is 5.00. The number of hydrogen-bond acceptors (Lipinski definition) is 5. The van der Waals surface area contributed by atoms with E-state index in [2.05, 4.69) is 5.10 Å². The van der Waals surface area contributed by atoms with Crippen LogP contribution in [0.2, 0.25) is 0 Å². The van der Waals surface area contributed by atoms with Crippen LogP contribution in [0, 0.1) is 12.7 Å². The van der Waals surface area contributed by atoms with Crippen molar-refractivity contribution in [1.29, 1.82) is 0 Å². The van der Waals surface area contributed by atoms with Gasteiger partial charge in [0.15, 0.2) is 6.04 Å². The maximum absolute atomic E-state index is 13.3. The standard InChI is InChI=1S/C21H20FN3O3S/c1-4-28-21(27)13(3)25-20(26)18-16(10-23-25)19-17(9-12(2)29-19)24(18)11-14-5-7-15(22)8-6-14/h5-10,13H,4,11H2,1-3H3/t13-/m1/s1. The molecule has 29 heavy (non-hydrogen) atoms. The SMILES string of the molecule is CCOC(=O)[C@@H](C)n1ncc2c3sc(C)cc3n(Cc3ccc(F)cc3)c2c1=O. The molecule has 0 spiro atoms. The molecule has 0 N–H and O–H groups in total. The minimum Gasteiger partial charge on any atom is -0.464 e. The van der Waals surface area contributed by atoms with Crippen molar-refractivity contribution in [2.45, 2.75) is 33.4 Å². The Balaban J connectivity index is 1.93. The van der Waals surface area contributed by atoms with E-state index < -0.39 is 12.0 Å². The van der Waals surface area contributed by atoms with Crippen molar-refractivity contribution in [2.75, 3.05) is 6.61 Å². The summed E-state index contributed by atoms with van der Waals surface area (Å²) < 4.78 is 22.4. The van der Waals surface area contributed by atoms with Crippen LogP contribution in [0.3, 0.4) is 0 Å². The van der Waals surface area contributed by atoms with Crippen molar-refractivity contribution >= 4 is 38.4 Å². The molecule has 0 saturated heterocycles. The highest BCUT2D eigenvalue weighted by Gasteiger charge is 2.23. The summed E-state index contributed by atoms with van der Waals surface area (Å²) in [6.07, 6.45) is 1.63. The normalized spacial score (nSPS) is 12.6. The molecular weight excluding hydrogens is 393 g/mol. The van der Waals surface area contributed by atoms with Crippen LogP contribution >= 0.6 is 11.3 Å². The molecule has 1 atom stereocenters. The number of fused-ring (bicyclic) bond motifs is 3. The second-order valence-electron chi connectivity index (χ2n) is 6.87. The minimum atomic E-state index is -0.833. The number of thiophene rings is 1. The number of hydrogen-bond donors (Lipinski definition) is 0. The van der Waals surface area contributed by atoms with Crippen LogP contribution in [0.1, 0.15) is 30.3 Å². The van der Waals surface area contributed by atoms with E-state index in [1.807, 2.05) is 17.6 Å². The first-order valence-electron chi connectivity index (χ1n) is 9.32. The molecular formula is C21H20FN3O3S. The summed E-state index contributed by atoms with van der Waals surface area (Å²) >= 11 is 1.59. The lowest BCUT2D eigenvalue weighted by Gasteiger charge is -2.13. The summed E-state index contributed by atoms with van der Waals surface area (Å²) in [7, 11) is 0. The van der Waals surface area contributed by atoms with Gasteiger partial charge in [0.05, 0.1) is 23.0 Å². The van der Waals surface area contributed by atoms with Crippen molar-refractivity contribution in [3.63, 3.8) is 0 Å². The topological polar surface area (TPSA) is 66.1 Å². The van der Waals surface area contributed by atoms with E-state index in [-0.39, 0.29) is 18.0 Å². The number of carbonyl (C=O) groups is 1. The third-order valence-corrected chi connectivity index (χ3v) is 5.94. The Morgan fingerprint density at radius 2 is 2.03 bits per heavy atom. The molecule has 1 aromatic carbocycles. The molecule has 0 aliphatic heterocycles. The van der Waals surface area contributed by atoms with Gasteiger partial charge in [0.1, 0.15) is 11.3 Å². The maximum atomic E-state index is 13.3. The number of esters is 1. The van der Waals surface area contributed by atoms with Gasteiger partial charge < -0.3 is 9.30 Å². The molecule has 0 aliphatic rings.